The first-order chi connectivity index (χ1) is 13.0. The molecule has 0 aliphatic carbocycles. The van der Waals surface area contributed by atoms with Crippen molar-refractivity contribution in [3.05, 3.63) is 57.6 Å². The Morgan fingerprint density at radius 2 is 1.15 bits per heavy atom. The van der Waals surface area contributed by atoms with Crippen molar-refractivity contribution in [3.63, 3.8) is 0 Å². The van der Waals surface area contributed by atoms with Crippen molar-refractivity contribution >= 4 is 12.4 Å². The summed E-state index contributed by atoms with van der Waals surface area (Å²) in [5, 5.41) is 20.4. The highest BCUT2D eigenvalue weighted by Gasteiger charge is 2.06. The largest absolute Gasteiger partial charge is 0.507 e. The second-order valence-electron chi connectivity index (χ2n) is 6.97. The van der Waals surface area contributed by atoms with Gasteiger partial charge in [0.25, 0.3) is 0 Å². The highest BCUT2D eigenvalue weighted by atomic mass is 16.3. The van der Waals surface area contributed by atoms with Gasteiger partial charge in [-0.25, -0.2) is 0 Å². The van der Waals surface area contributed by atoms with E-state index in [9.17, 15) is 10.2 Å². The minimum absolute atomic E-state index is 0.243. The first kappa shape index (κ1) is 20.7. The third-order valence-electron chi connectivity index (χ3n) is 4.48. The third-order valence-corrected chi connectivity index (χ3v) is 4.48. The molecule has 4 heteroatoms. The number of rotatable bonds is 8. The lowest BCUT2D eigenvalue weighted by Crippen LogP contribution is -1.93. The average molecular weight is 367 g/mol. The molecule has 2 aromatic rings. The zero-order valence-corrected chi connectivity index (χ0v) is 16.8. The fourth-order valence-corrected chi connectivity index (χ4v) is 3.16. The molecule has 2 aromatic carbocycles. The summed E-state index contributed by atoms with van der Waals surface area (Å²) in [5.41, 5.74) is 5.56. The van der Waals surface area contributed by atoms with Crippen LogP contribution in [0.1, 0.15) is 60.1 Å². The van der Waals surface area contributed by atoms with Gasteiger partial charge in [-0.3, -0.25) is 9.98 Å². The first-order valence-corrected chi connectivity index (χ1v) is 9.60. The van der Waals surface area contributed by atoms with E-state index in [-0.39, 0.29) is 18.2 Å². The van der Waals surface area contributed by atoms with Gasteiger partial charge in [0, 0.05) is 23.6 Å². The normalized spacial score (nSPS) is 11.7. The summed E-state index contributed by atoms with van der Waals surface area (Å²) >= 11 is 0. The van der Waals surface area contributed by atoms with Crippen LogP contribution in [-0.4, -0.2) is 29.3 Å². The standard InChI is InChI=1S/C23H30N2O2/c1-5-7-18-9-16(3)22(26)20(11-18)13-24-15-25-14-21-12-19(8-6-2)10-17(4)23(21)27/h9-14,26-27H,5-8,15H2,1-4H3. The molecule has 0 atom stereocenters. The molecule has 2 N–H and O–H groups in total. The molecule has 0 aromatic heterocycles. The van der Waals surface area contributed by atoms with E-state index < -0.39 is 0 Å². The van der Waals surface area contributed by atoms with Gasteiger partial charge in [0.15, 0.2) is 0 Å². The second kappa shape index (κ2) is 9.91. The van der Waals surface area contributed by atoms with E-state index in [1.807, 2.05) is 38.1 Å². The van der Waals surface area contributed by atoms with Crippen LogP contribution in [0.5, 0.6) is 11.5 Å². The van der Waals surface area contributed by atoms with Gasteiger partial charge in [0.2, 0.25) is 0 Å². The predicted octanol–water partition coefficient (Wildman–Crippen LogP) is 5.12. The van der Waals surface area contributed by atoms with Gasteiger partial charge in [-0.2, -0.15) is 0 Å². The number of hydrogen-bond donors (Lipinski definition) is 2. The Bertz CT molecular complexity index is 769. The van der Waals surface area contributed by atoms with Crippen LogP contribution in [0.25, 0.3) is 0 Å². The average Bonchev–Trinajstić information content (AvgIpc) is 2.63. The number of benzene rings is 2. The molecule has 0 saturated carbocycles. The maximum absolute atomic E-state index is 10.2. The van der Waals surface area contributed by atoms with Gasteiger partial charge in [-0.05, 0) is 61.1 Å². The van der Waals surface area contributed by atoms with Gasteiger partial charge >= 0.3 is 0 Å². The van der Waals surface area contributed by atoms with Crippen LogP contribution in [0.2, 0.25) is 0 Å². The molecule has 2 rings (SSSR count). The zero-order chi connectivity index (χ0) is 19.8. The Hall–Kier alpha value is -2.62. The Kier molecular flexibility index (Phi) is 7.59. The topological polar surface area (TPSA) is 65.2 Å². The van der Waals surface area contributed by atoms with E-state index in [0.29, 0.717) is 0 Å². The highest BCUT2D eigenvalue weighted by Crippen LogP contribution is 2.24. The number of nitrogens with zero attached hydrogens (tertiary/aromatic N) is 2. The van der Waals surface area contributed by atoms with Gasteiger partial charge in [-0.15, -0.1) is 0 Å². The van der Waals surface area contributed by atoms with Crippen LogP contribution < -0.4 is 0 Å². The molecular formula is C23H30N2O2. The number of hydrogen-bond acceptors (Lipinski definition) is 4. The van der Waals surface area contributed by atoms with E-state index in [1.165, 1.54) is 11.1 Å². The number of aliphatic imine (C=N–C) groups is 2. The summed E-state index contributed by atoms with van der Waals surface area (Å²) in [4.78, 5) is 8.61. The molecule has 0 aliphatic heterocycles. The molecule has 0 heterocycles. The van der Waals surface area contributed by atoms with Crippen molar-refractivity contribution in [2.75, 3.05) is 6.67 Å². The van der Waals surface area contributed by atoms with Crippen molar-refractivity contribution in [3.8, 4) is 11.5 Å². The minimum Gasteiger partial charge on any atom is -0.507 e. The first-order valence-electron chi connectivity index (χ1n) is 9.60. The Morgan fingerprint density at radius 3 is 1.52 bits per heavy atom. The Labute approximate surface area is 162 Å². The Morgan fingerprint density at radius 1 is 0.741 bits per heavy atom. The molecule has 0 saturated heterocycles. The van der Waals surface area contributed by atoms with E-state index in [2.05, 4.69) is 23.8 Å². The summed E-state index contributed by atoms with van der Waals surface area (Å²) in [7, 11) is 0. The Balaban J connectivity index is 2.10. The maximum atomic E-state index is 10.2. The van der Waals surface area contributed by atoms with Gasteiger partial charge in [0.1, 0.15) is 18.2 Å². The summed E-state index contributed by atoms with van der Waals surface area (Å²) < 4.78 is 0. The molecular weight excluding hydrogens is 336 g/mol. The smallest absolute Gasteiger partial charge is 0.129 e. The quantitative estimate of drug-likeness (QED) is 0.637. The number of aryl methyl sites for hydroxylation is 4. The summed E-state index contributed by atoms with van der Waals surface area (Å²) in [6.45, 7) is 8.32. The minimum atomic E-state index is 0.243. The van der Waals surface area contributed by atoms with E-state index in [4.69, 9.17) is 0 Å². The monoisotopic (exact) mass is 366 g/mol. The van der Waals surface area contributed by atoms with Crippen LogP contribution >= 0.6 is 0 Å². The van der Waals surface area contributed by atoms with Crippen molar-refractivity contribution in [1.29, 1.82) is 0 Å². The molecule has 0 spiro atoms. The van der Waals surface area contributed by atoms with Crippen LogP contribution in [0, 0.1) is 13.8 Å². The SMILES string of the molecule is CCCc1cc(C)c(O)c(C=NCN=Cc2cc(CCC)cc(C)c2O)c1. The summed E-state index contributed by atoms with van der Waals surface area (Å²) in [5.74, 6) is 0.534. The van der Waals surface area contributed by atoms with Crippen molar-refractivity contribution in [1.82, 2.24) is 0 Å². The lowest BCUT2D eigenvalue weighted by Gasteiger charge is -2.07. The maximum Gasteiger partial charge on any atom is 0.129 e. The summed E-state index contributed by atoms with van der Waals surface area (Å²) in [6.07, 6.45) is 7.41. The van der Waals surface area contributed by atoms with Crippen molar-refractivity contribution < 1.29 is 10.2 Å². The molecule has 144 valence electrons. The molecule has 0 fully saturated rings. The number of aromatic hydroxyl groups is 2. The summed E-state index contributed by atoms with van der Waals surface area (Å²) in [6, 6.07) is 7.98. The van der Waals surface area contributed by atoms with Gasteiger partial charge in [0.05, 0.1) is 0 Å². The molecule has 27 heavy (non-hydrogen) atoms. The lowest BCUT2D eigenvalue weighted by molar-refractivity contribution is 0.469. The van der Waals surface area contributed by atoms with E-state index in [0.717, 1.165) is 47.9 Å². The van der Waals surface area contributed by atoms with Gasteiger partial charge in [-0.1, -0.05) is 38.8 Å². The highest BCUT2D eigenvalue weighted by molar-refractivity contribution is 5.86. The number of phenols is 2. The van der Waals surface area contributed by atoms with E-state index in [1.54, 1.807) is 12.4 Å². The van der Waals surface area contributed by atoms with Crippen LogP contribution in [0.4, 0.5) is 0 Å². The lowest BCUT2D eigenvalue weighted by atomic mass is 10.0. The van der Waals surface area contributed by atoms with Crippen LogP contribution in [0.15, 0.2) is 34.3 Å². The van der Waals surface area contributed by atoms with Crippen LogP contribution in [-0.2, 0) is 12.8 Å². The molecule has 0 aliphatic rings. The molecule has 4 nitrogen and oxygen atoms in total. The molecule has 0 bridgehead atoms. The van der Waals surface area contributed by atoms with Crippen molar-refractivity contribution in [2.45, 2.75) is 53.4 Å². The fraction of sp³-hybridized carbons (Fsp3) is 0.391. The number of phenolic OH excluding ortho intramolecular Hbond substituents is 2. The second-order valence-corrected chi connectivity index (χ2v) is 6.97. The molecule has 0 amide bonds. The fourth-order valence-electron chi connectivity index (χ4n) is 3.16. The van der Waals surface area contributed by atoms with Crippen molar-refractivity contribution in [2.24, 2.45) is 9.98 Å². The van der Waals surface area contributed by atoms with E-state index >= 15 is 0 Å². The molecule has 0 unspecified atom stereocenters. The third kappa shape index (κ3) is 5.68. The predicted molar refractivity (Wildman–Crippen MR) is 114 cm³/mol. The van der Waals surface area contributed by atoms with Gasteiger partial charge < -0.3 is 10.2 Å². The molecule has 0 radical (unpaired) electrons. The van der Waals surface area contributed by atoms with Crippen LogP contribution in [0.3, 0.4) is 0 Å². The zero-order valence-electron chi connectivity index (χ0n) is 16.8.